The molecule has 1 atom stereocenters. The summed E-state index contributed by atoms with van der Waals surface area (Å²) >= 11 is 1.31. The van der Waals surface area contributed by atoms with E-state index in [2.05, 4.69) is 10.6 Å². The molecule has 0 aliphatic rings. The third-order valence-electron chi connectivity index (χ3n) is 5.46. The van der Waals surface area contributed by atoms with Gasteiger partial charge in [-0.25, -0.2) is 17.5 Å². The summed E-state index contributed by atoms with van der Waals surface area (Å²) in [5, 5.41) is 6.29. The molecule has 206 valence electrons. The highest BCUT2D eigenvalue weighted by molar-refractivity contribution is 7.89. The molecule has 1 aromatic heterocycles. The molecule has 0 unspecified atom stereocenters. The van der Waals surface area contributed by atoms with Crippen LogP contribution in [0, 0.1) is 11.7 Å². The summed E-state index contributed by atoms with van der Waals surface area (Å²) in [5.74, 6) is -1.98. The van der Waals surface area contributed by atoms with E-state index in [9.17, 15) is 35.6 Å². The lowest BCUT2D eigenvalue weighted by atomic mass is 10.0. The van der Waals surface area contributed by atoms with Crippen LogP contribution in [-0.2, 0) is 21.0 Å². The molecule has 0 aliphatic carbocycles. The van der Waals surface area contributed by atoms with E-state index < -0.39 is 44.4 Å². The Morgan fingerprint density at radius 3 is 2.39 bits per heavy atom. The highest BCUT2D eigenvalue weighted by Crippen LogP contribution is 2.34. The van der Waals surface area contributed by atoms with Crippen molar-refractivity contribution >= 4 is 43.3 Å². The smallest absolute Gasteiger partial charge is 0.354 e. The highest BCUT2D eigenvalue weighted by Gasteiger charge is 2.37. The van der Waals surface area contributed by atoms with Crippen molar-refractivity contribution in [1.29, 1.82) is 0 Å². The summed E-state index contributed by atoms with van der Waals surface area (Å²) in [6, 6.07) is 9.72. The van der Waals surface area contributed by atoms with E-state index in [1.165, 1.54) is 11.3 Å². The van der Waals surface area contributed by atoms with E-state index in [4.69, 9.17) is 0 Å². The number of hydrogen-bond acceptors (Lipinski definition) is 5. The van der Waals surface area contributed by atoms with E-state index in [-0.39, 0.29) is 37.4 Å². The van der Waals surface area contributed by atoms with E-state index in [0.29, 0.717) is 23.4 Å². The van der Waals surface area contributed by atoms with Gasteiger partial charge in [0.2, 0.25) is 15.9 Å². The summed E-state index contributed by atoms with van der Waals surface area (Å²) in [6.45, 7) is 3.52. The first kappa shape index (κ1) is 29.5. The van der Waals surface area contributed by atoms with Gasteiger partial charge in [-0.2, -0.15) is 13.2 Å². The fourth-order valence-corrected chi connectivity index (χ4v) is 5.94. The van der Waals surface area contributed by atoms with Crippen molar-refractivity contribution in [3.63, 3.8) is 0 Å². The minimum absolute atomic E-state index is 0.00422. The normalized spacial score (nSPS) is 13.0. The van der Waals surface area contributed by atoms with Crippen molar-refractivity contribution in [1.82, 2.24) is 15.4 Å². The molecule has 3 aromatic rings. The average Bonchev–Trinajstić information content (AvgIpc) is 3.27. The number of alkyl halides is 3. The van der Waals surface area contributed by atoms with Crippen LogP contribution < -0.4 is 15.4 Å². The Balaban J connectivity index is 1.56. The minimum Gasteiger partial charge on any atom is -0.354 e. The monoisotopic (exact) mass is 573 g/mol. The summed E-state index contributed by atoms with van der Waals surface area (Å²) in [7, 11) is -4.59. The van der Waals surface area contributed by atoms with E-state index >= 15 is 0 Å². The molecule has 0 spiro atoms. The molecule has 3 rings (SSSR count). The molecule has 0 fully saturated rings. The number of carbonyl (C=O) groups excluding carboxylic acids is 2. The predicted octanol–water partition coefficient (Wildman–Crippen LogP) is 4.69. The third kappa shape index (κ3) is 7.74. The van der Waals surface area contributed by atoms with E-state index in [1.54, 1.807) is 6.07 Å². The number of rotatable bonds is 11. The van der Waals surface area contributed by atoms with Gasteiger partial charge in [0, 0.05) is 17.8 Å². The van der Waals surface area contributed by atoms with Crippen LogP contribution in [0.1, 0.15) is 41.9 Å². The van der Waals surface area contributed by atoms with Gasteiger partial charge in [0.15, 0.2) is 0 Å². The number of sulfonamides is 1. The predicted molar refractivity (Wildman–Crippen MR) is 137 cm³/mol. The van der Waals surface area contributed by atoms with Crippen LogP contribution in [0.15, 0.2) is 53.4 Å². The van der Waals surface area contributed by atoms with Crippen molar-refractivity contribution in [3.8, 4) is 0 Å². The van der Waals surface area contributed by atoms with E-state index in [1.807, 2.05) is 42.8 Å². The largest absolute Gasteiger partial charge is 0.417 e. The second-order valence-corrected chi connectivity index (χ2v) is 11.8. The molecular formula is C25H27F4N3O4S2. The fourth-order valence-electron chi connectivity index (χ4n) is 3.69. The van der Waals surface area contributed by atoms with Gasteiger partial charge in [0.1, 0.15) is 11.9 Å². The van der Waals surface area contributed by atoms with E-state index in [0.717, 1.165) is 10.1 Å². The standard InChI is InChI=1S/C25H27F4N3O4S2/c1-15(2)12-19(32-24(34)21-13-16-6-3-4-7-20(16)37-21)23(33)30-10-5-11-31-38(35,36)22-9-8-17(26)14-18(22)25(27,28)29/h3-4,6-9,13-15,19,31H,5,10-12H2,1-2H3,(H,30,33)(H,32,34)/t19-/m0/s1. The minimum atomic E-state index is -5.06. The van der Waals surface area contributed by atoms with Gasteiger partial charge in [0.05, 0.1) is 15.3 Å². The Kier molecular flexibility index (Phi) is 9.49. The molecule has 2 amide bonds. The summed E-state index contributed by atoms with van der Waals surface area (Å²) < 4.78 is 80.6. The van der Waals surface area contributed by atoms with Crippen LogP contribution >= 0.6 is 11.3 Å². The molecule has 0 saturated heterocycles. The number of amides is 2. The summed E-state index contributed by atoms with van der Waals surface area (Å²) in [5.41, 5.74) is -1.61. The molecular weight excluding hydrogens is 546 g/mol. The first-order chi connectivity index (χ1) is 17.8. The van der Waals surface area contributed by atoms with Gasteiger partial charge in [-0.1, -0.05) is 32.0 Å². The van der Waals surface area contributed by atoms with Crippen LogP contribution in [0.4, 0.5) is 17.6 Å². The van der Waals surface area contributed by atoms with Crippen molar-refractivity contribution in [2.75, 3.05) is 13.1 Å². The lowest BCUT2D eigenvalue weighted by Crippen LogP contribution is -2.47. The van der Waals surface area contributed by atoms with Crippen molar-refractivity contribution in [3.05, 3.63) is 64.8 Å². The summed E-state index contributed by atoms with van der Waals surface area (Å²) in [6.07, 6.45) is -4.64. The van der Waals surface area contributed by atoms with Gasteiger partial charge in [-0.05, 0) is 54.5 Å². The summed E-state index contributed by atoms with van der Waals surface area (Å²) in [4.78, 5) is 24.9. The molecule has 0 aliphatic heterocycles. The topological polar surface area (TPSA) is 104 Å². The molecule has 2 aromatic carbocycles. The number of fused-ring (bicyclic) bond motifs is 1. The number of benzene rings is 2. The van der Waals surface area contributed by atoms with Crippen LogP contribution in [0.3, 0.4) is 0 Å². The molecule has 7 nitrogen and oxygen atoms in total. The second-order valence-electron chi connectivity index (χ2n) is 8.98. The Hall–Kier alpha value is -3.03. The number of carbonyl (C=O) groups is 2. The Morgan fingerprint density at radius 2 is 1.74 bits per heavy atom. The van der Waals surface area contributed by atoms with Gasteiger partial charge in [-0.15, -0.1) is 11.3 Å². The third-order valence-corrected chi connectivity index (χ3v) is 8.09. The maximum absolute atomic E-state index is 13.3. The average molecular weight is 574 g/mol. The highest BCUT2D eigenvalue weighted by atomic mass is 32.2. The molecule has 0 bridgehead atoms. The Morgan fingerprint density at radius 1 is 1.03 bits per heavy atom. The number of nitrogens with one attached hydrogen (secondary N) is 3. The van der Waals surface area contributed by atoms with Gasteiger partial charge in [-0.3, -0.25) is 9.59 Å². The Bertz CT molecular complexity index is 1370. The van der Waals surface area contributed by atoms with Gasteiger partial charge in [0.25, 0.3) is 5.91 Å². The molecule has 38 heavy (non-hydrogen) atoms. The lowest BCUT2D eigenvalue weighted by Gasteiger charge is -2.20. The molecule has 3 N–H and O–H groups in total. The Labute approximate surface area is 221 Å². The van der Waals surface area contributed by atoms with Crippen molar-refractivity contribution in [2.24, 2.45) is 5.92 Å². The lowest BCUT2D eigenvalue weighted by molar-refractivity contribution is -0.140. The number of halogens is 4. The van der Waals surface area contributed by atoms with Gasteiger partial charge >= 0.3 is 6.18 Å². The zero-order valence-electron chi connectivity index (χ0n) is 20.6. The maximum atomic E-state index is 13.3. The van der Waals surface area contributed by atoms with Crippen LogP contribution in [-0.4, -0.2) is 39.4 Å². The first-order valence-electron chi connectivity index (χ1n) is 11.7. The zero-order valence-corrected chi connectivity index (χ0v) is 22.2. The second kappa shape index (κ2) is 12.2. The van der Waals surface area contributed by atoms with Crippen molar-refractivity contribution in [2.45, 2.75) is 43.8 Å². The quantitative estimate of drug-likeness (QED) is 0.229. The first-order valence-corrected chi connectivity index (χ1v) is 14.0. The molecule has 1 heterocycles. The van der Waals surface area contributed by atoms with Crippen LogP contribution in [0.5, 0.6) is 0 Å². The van der Waals surface area contributed by atoms with Crippen molar-refractivity contribution < 1.29 is 35.6 Å². The maximum Gasteiger partial charge on any atom is 0.417 e. The molecule has 13 heteroatoms. The van der Waals surface area contributed by atoms with Crippen LogP contribution in [0.25, 0.3) is 10.1 Å². The molecule has 0 radical (unpaired) electrons. The number of thiophene rings is 1. The van der Waals surface area contributed by atoms with Crippen LogP contribution in [0.2, 0.25) is 0 Å². The SMILES string of the molecule is CC(C)C[C@H](NC(=O)c1cc2ccccc2s1)C(=O)NCCCNS(=O)(=O)c1ccc(F)cc1C(F)(F)F. The number of hydrogen-bond donors (Lipinski definition) is 3. The zero-order chi connectivity index (χ0) is 28.1. The fraction of sp³-hybridized carbons (Fsp3) is 0.360. The van der Waals surface area contributed by atoms with Gasteiger partial charge < -0.3 is 10.6 Å². The molecule has 0 saturated carbocycles.